The minimum absolute atomic E-state index is 0.195. The van der Waals surface area contributed by atoms with Gasteiger partial charge in [0.15, 0.2) is 0 Å². The third-order valence-corrected chi connectivity index (χ3v) is 3.29. The second-order valence-corrected chi connectivity index (χ2v) is 5.20. The average Bonchev–Trinajstić information content (AvgIpc) is 2.55. The standard InChI is InChI=1S/C18H19N3O2/c1-4-8-20-18(23)16-11-14(7-9-19-16)17(22)21-15-6-5-12(2)10-13(15)3/h4-7,9-11H,1,8H2,2-3H3,(H,20,23)(H,21,22). The van der Waals surface area contributed by atoms with Crippen molar-refractivity contribution in [1.29, 1.82) is 0 Å². The highest BCUT2D eigenvalue weighted by Gasteiger charge is 2.12. The number of carbonyl (C=O) groups is 2. The van der Waals surface area contributed by atoms with E-state index in [1.807, 2.05) is 32.0 Å². The molecule has 0 radical (unpaired) electrons. The number of anilines is 1. The first-order chi connectivity index (χ1) is 11.0. The molecule has 2 rings (SSSR count). The monoisotopic (exact) mass is 309 g/mol. The molecular weight excluding hydrogens is 290 g/mol. The summed E-state index contributed by atoms with van der Waals surface area (Å²) in [6, 6.07) is 8.83. The summed E-state index contributed by atoms with van der Waals surface area (Å²) in [5.74, 6) is -0.622. The Balaban J connectivity index is 2.16. The molecule has 5 heteroatoms. The first kappa shape index (κ1) is 16.4. The van der Waals surface area contributed by atoms with Gasteiger partial charge in [-0.2, -0.15) is 0 Å². The number of carbonyl (C=O) groups excluding carboxylic acids is 2. The zero-order chi connectivity index (χ0) is 16.8. The Morgan fingerprint density at radius 3 is 2.65 bits per heavy atom. The Labute approximate surface area is 135 Å². The number of nitrogens with one attached hydrogen (secondary N) is 2. The maximum Gasteiger partial charge on any atom is 0.270 e. The van der Waals surface area contributed by atoms with Gasteiger partial charge in [0.2, 0.25) is 0 Å². The molecule has 0 aliphatic heterocycles. The molecule has 0 aliphatic carbocycles. The van der Waals surface area contributed by atoms with Crippen LogP contribution in [0.5, 0.6) is 0 Å². The smallest absolute Gasteiger partial charge is 0.270 e. The number of rotatable bonds is 5. The van der Waals surface area contributed by atoms with Gasteiger partial charge < -0.3 is 10.6 Å². The lowest BCUT2D eigenvalue weighted by molar-refractivity contribution is 0.0953. The Kier molecular flexibility index (Phi) is 5.25. The van der Waals surface area contributed by atoms with E-state index in [1.165, 1.54) is 12.3 Å². The van der Waals surface area contributed by atoms with Crippen molar-refractivity contribution >= 4 is 17.5 Å². The second kappa shape index (κ2) is 7.35. The fourth-order valence-corrected chi connectivity index (χ4v) is 2.10. The lowest BCUT2D eigenvalue weighted by atomic mass is 10.1. The molecule has 0 aliphatic rings. The van der Waals surface area contributed by atoms with Gasteiger partial charge in [-0.25, -0.2) is 0 Å². The van der Waals surface area contributed by atoms with Crippen molar-refractivity contribution in [2.45, 2.75) is 13.8 Å². The van der Waals surface area contributed by atoms with E-state index < -0.39 is 0 Å². The van der Waals surface area contributed by atoms with Crippen LogP contribution in [-0.2, 0) is 0 Å². The predicted octanol–water partition coefficient (Wildman–Crippen LogP) is 2.87. The lowest BCUT2D eigenvalue weighted by Gasteiger charge is -2.10. The fraction of sp³-hybridized carbons (Fsp3) is 0.167. The van der Waals surface area contributed by atoms with Gasteiger partial charge in [-0.05, 0) is 37.6 Å². The van der Waals surface area contributed by atoms with Crippen LogP contribution in [0.1, 0.15) is 32.0 Å². The second-order valence-electron chi connectivity index (χ2n) is 5.20. The summed E-state index contributed by atoms with van der Waals surface area (Å²) >= 11 is 0. The maximum atomic E-state index is 12.4. The Morgan fingerprint density at radius 2 is 1.96 bits per heavy atom. The number of hydrogen-bond acceptors (Lipinski definition) is 3. The summed E-state index contributed by atoms with van der Waals surface area (Å²) in [5.41, 5.74) is 3.43. The number of aromatic nitrogens is 1. The van der Waals surface area contributed by atoms with Crippen molar-refractivity contribution in [2.75, 3.05) is 11.9 Å². The van der Waals surface area contributed by atoms with Crippen LogP contribution in [0, 0.1) is 13.8 Å². The van der Waals surface area contributed by atoms with E-state index in [9.17, 15) is 9.59 Å². The third kappa shape index (κ3) is 4.26. The average molecular weight is 309 g/mol. The largest absolute Gasteiger partial charge is 0.347 e. The molecule has 1 heterocycles. The van der Waals surface area contributed by atoms with E-state index in [4.69, 9.17) is 0 Å². The molecule has 0 unspecified atom stereocenters. The first-order valence-electron chi connectivity index (χ1n) is 7.25. The molecule has 118 valence electrons. The van der Waals surface area contributed by atoms with Crippen LogP contribution >= 0.6 is 0 Å². The van der Waals surface area contributed by atoms with E-state index in [0.29, 0.717) is 12.1 Å². The van der Waals surface area contributed by atoms with E-state index in [0.717, 1.165) is 16.8 Å². The molecule has 5 nitrogen and oxygen atoms in total. The molecule has 0 saturated carbocycles. The summed E-state index contributed by atoms with van der Waals surface area (Å²) in [4.78, 5) is 28.2. The molecule has 23 heavy (non-hydrogen) atoms. The fourth-order valence-electron chi connectivity index (χ4n) is 2.10. The maximum absolute atomic E-state index is 12.4. The van der Waals surface area contributed by atoms with Crippen LogP contribution in [-0.4, -0.2) is 23.3 Å². The van der Waals surface area contributed by atoms with Crippen LogP contribution in [0.4, 0.5) is 5.69 Å². The Bertz CT molecular complexity index is 754. The van der Waals surface area contributed by atoms with Gasteiger partial charge >= 0.3 is 0 Å². The highest BCUT2D eigenvalue weighted by molar-refractivity contribution is 6.06. The highest BCUT2D eigenvalue weighted by atomic mass is 16.2. The summed E-state index contributed by atoms with van der Waals surface area (Å²) < 4.78 is 0. The molecule has 2 N–H and O–H groups in total. The molecule has 1 aromatic heterocycles. The van der Waals surface area contributed by atoms with Crippen molar-refractivity contribution in [3.05, 3.63) is 71.6 Å². The van der Waals surface area contributed by atoms with Crippen LogP contribution in [0.2, 0.25) is 0 Å². The van der Waals surface area contributed by atoms with Crippen LogP contribution in [0.3, 0.4) is 0 Å². The minimum atomic E-state index is -0.342. The molecule has 0 spiro atoms. The molecule has 2 amide bonds. The normalized spacial score (nSPS) is 10.0. The van der Waals surface area contributed by atoms with Gasteiger partial charge in [-0.3, -0.25) is 14.6 Å². The number of hydrogen-bond donors (Lipinski definition) is 2. The Morgan fingerprint density at radius 1 is 1.17 bits per heavy atom. The van der Waals surface area contributed by atoms with Gasteiger partial charge in [0.05, 0.1) is 0 Å². The number of nitrogens with zero attached hydrogens (tertiary/aromatic N) is 1. The van der Waals surface area contributed by atoms with Gasteiger partial charge in [0.25, 0.3) is 11.8 Å². The summed E-state index contributed by atoms with van der Waals surface area (Å²) in [6.45, 7) is 7.81. The van der Waals surface area contributed by atoms with Crippen LogP contribution in [0.15, 0.2) is 49.2 Å². The van der Waals surface area contributed by atoms with Gasteiger partial charge in [-0.15, -0.1) is 6.58 Å². The highest BCUT2D eigenvalue weighted by Crippen LogP contribution is 2.17. The zero-order valence-corrected chi connectivity index (χ0v) is 13.2. The SMILES string of the molecule is C=CCNC(=O)c1cc(C(=O)Nc2ccc(C)cc2C)ccn1. The number of pyridine rings is 1. The van der Waals surface area contributed by atoms with E-state index in [1.54, 1.807) is 12.1 Å². The first-order valence-corrected chi connectivity index (χ1v) is 7.25. The molecule has 0 bridgehead atoms. The number of benzene rings is 1. The van der Waals surface area contributed by atoms with E-state index in [-0.39, 0.29) is 17.5 Å². The van der Waals surface area contributed by atoms with Gasteiger partial charge in [-0.1, -0.05) is 23.8 Å². The molecular formula is C18H19N3O2. The Hall–Kier alpha value is -2.95. The summed E-state index contributed by atoms with van der Waals surface area (Å²) in [5, 5.41) is 5.48. The quantitative estimate of drug-likeness (QED) is 0.834. The van der Waals surface area contributed by atoms with Crippen molar-refractivity contribution in [3.63, 3.8) is 0 Å². The van der Waals surface area contributed by atoms with Gasteiger partial charge in [0.1, 0.15) is 5.69 Å². The molecule has 1 aromatic carbocycles. The van der Waals surface area contributed by atoms with Crippen molar-refractivity contribution in [2.24, 2.45) is 0 Å². The predicted molar refractivity (Wildman–Crippen MR) is 90.6 cm³/mol. The number of amides is 2. The number of aryl methyl sites for hydroxylation is 2. The van der Waals surface area contributed by atoms with E-state index >= 15 is 0 Å². The molecule has 2 aromatic rings. The van der Waals surface area contributed by atoms with E-state index in [2.05, 4.69) is 22.2 Å². The van der Waals surface area contributed by atoms with Crippen LogP contribution < -0.4 is 10.6 Å². The van der Waals surface area contributed by atoms with Gasteiger partial charge in [0, 0.05) is 24.0 Å². The minimum Gasteiger partial charge on any atom is -0.347 e. The molecule has 0 saturated heterocycles. The molecule has 0 fully saturated rings. The summed E-state index contributed by atoms with van der Waals surface area (Å²) in [7, 11) is 0. The van der Waals surface area contributed by atoms with Crippen molar-refractivity contribution in [1.82, 2.24) is 10.3 Å². The van der Waals surface area contributed by atoms with Crippen LogP contribution in [0.25, 0.3) is 0 Å². The molecule has 0 atom stereocenters. The topological polar surface area (TPSA) is 71.1 Å². The lowest BCUT2D eigenvalue weighted by Crippen LogP contribution is -2.24. The van der Waals surface area contributed by atoms with Crippen molar-refractivity contribution < 1.29 is 9.59 Å². The summed E-state index contributed by atoms with van der Waals surface area (Å²) in [6.07, 6.45) is 3.02. The van der Waals surface area contributed by atoms with Crippen molar-refractivity contribution in [3.8, 4) is 0 Å². The third-order valence-electron chi connectivity index (χ3n) is 3.29. The zero-order valence-electron chi connectivity index (χ0n) is 13.2.